The molecule has 0 aliphatic carbocycles. The summed E-state index contributed by atoms with van der Waals surface area (Å²) < 4.78 is 18.5. The number of rotatable bonds is 9. The van der Waals surface area contributed by atoms with E-state index >= 15 is 0 Å². The molecular weight excluding hydrogens is 435 g/mol. The predicted octanol–water partition coefficient (Wildman–Crippen LogP) is 5.09. The van der Waals surface area contributed by atoms with Crippen LogP contribution in [0, 0.1) is 12.7 Å². The molecule has 162 valence electrons. The number of benzene rings is 2. The number of thioether (sulfide) groups is 1. The van der Waals surface area contributed by atoms with Crippen molar-refractivity contribution in [2.45, 2.75) is 31.0 Å². The molecule has 31 heavy (non-hydrogen) atoms. The van der Waals surface area contributed by atoms with Crippen molar-refractivity contribution < 1.29 is 18.7 Å². The molecule has 0 N–H and O–H groups in total. The minimum Gasteiger partial charge on any atom is -0.452 e. The standard InChI is InChI=1S/C23H23FN2O3S2/c1-3-26(12-17-5-4-6-19(24)11-17)22(27)13-29-23(28)18-7-9-21(10-8-18)31-15-20-14-30-16(2)25-20/h4-11,14H,3,12-13,15H2,1-2H3. The van der Waals surface area contributed by atoms with E-state index in [1.54, 1.807) is 47.4 Å². The molecule has 0 radical (unpaired) electrons. The summed E-state index contributed by atoms with van der Waals surface area (Å²) in [5, 5.41) is 3.08. The van der Waals surface area contributed by atoms with E-state index in [-0.39, 0.29) is 24.9 Å². The van der Waals surface area contributed by atoms with Crippen molar-refractivity contribution in [3.05, 3.63) is 81.6 Å². The zero-order chi connectivity index (χ0) is 22.2. The first-order valence-electron chi connectivity index (χ1n) is 9.78. The number of nitrogens with zero attached hydrogens (tertiary/aromatic N) is 2. The fraction of sp³-hybridized carbons (Fsp3) is 0.261. The first-order valence-corrected chi connectivity index (χ1v) is 11.6. The molecule has 0 spiro atoms. The van der Waals surface area contributed by atoms with E-state index in [0.29, 0.717) is 17.7 Å². The zero-order valence-corrected chi connectivity index (χ0v) is 19.0. The highest BCUT2D eigenvalue weighted by molar-refractivity contribution is 7.98. The molecule has 1 heterocycles. The molecule has 1 aromatic heterocycles. The number of halogens is 1. The number of carbonyl (C=O) groups excluding carboxylic acids is 2. The number of esters is 1. The van der Waals surface area contributed by atoms with E-state index < -0.39 is 5.97 Å². The van der Waals surface area contributed by atoms with Crippen molar-refractivity contribution in [1.82, 2.24) is 9.88 Å². The van der Waals surface area contributed by atoms with Gasteiger partial charge < -0.3 is 9.64 Å². The Labute approximate surface area is 189 Å². The number of carbonyl (C=O) groups is 2. The Balaban J connectivity index is 1.49. The number of amides is 1. The van der Waals surface area contributed by atoms with Crippen LogP contribution in [0.5, 0.6) is 0 Å². The van der Waals surface area contributed by atoms with Gasteiger partial charge in [0.15, 0.2) is 6.61 Å². The van der Waals surface area contributed by atoms with Crippen LogP contribution in [0.3, 0.4) is 0 Å². The lowest BCUT2D eigenvalue weighted by molar-refractivity contribution is -0.134. The second-order valence-electron chi connectivity index (χ2n) is 6.78. The molecule has 0 bridgehead atoms. The summed E-state index contributed by atoms with van der Waals surface area (Å²) in [6.07, 6.45) is 0. The van der Waals surface area contributed by atoms with Gasteiger partial charge in [0.05, 0.1) is 16.3 Å². The average Bonchev–Trinajstić information content (AvgIpc) is 3.19. The topological polar surface area (TPSA) is 59.5 Å². The van der Waals surface area contributed by atoms with Crippen LogP contribution >= 0.6 is 23.1 Å². The minimum atomic E-state index is -0.554. The van der Waals surface area contributed by atoms with Gasteiger partial charge in [-0.1, -0.05) is 12.1 Å². The van der Waals surface area contributed by atoms with Crippen LogP contribution < -0.4 is 0 Å². The van der Waals surface area contributed by atoms with E-state index in [1.807, 2.05) is 31.4 Å². The SMILES string of the molecule is CCN(Cc1cccc(F)c1)C(=O)COC(=O)c1ccc(SCc2csc(C)n2)cc1. The molecule has 0 fully saturated rings. The van der Waals surface area contributed by atoms with E-state index in [9.17, 15) is 14.0 Å². The largest absolute Gasteiger partial charge is 0.452 e. The zero-order valence-electron chi connectivity index (χ0n) is 17.3. The minimum absolute atomic E-state index is 0.259. The van der Waals surface area contributed by atoms with E-state index in [1.165, 1.54) is 17.0 Å². The van der Waals surface area contributed by atoms with Gasteiger partial charge in [-0.05, 0) is 55.8 Å². The summed E-state index contributed by atoms with van der Waals surface area (Å²) in [6, 6.07) is 13.2. The maximum Gasteiger partial charge on any atom is 0.338 e. The second-order valence-corrected chi connectivity index (χ2v) is 8.90. The van der Waals surface area contributed by atoms with Crippen LogP contribution in [-0.2, 0) is 21.8 Å². The third kappa shape index (κ3) is 6.90. The van der Waals surface area contributed by atoms with Crippen LogP contribution in [0.2, 0.25) is 0 Å². The fourth-order valence-electron chi connectivity index (χ4n) is 2.85. The molecule has 8 heteroatoms. The molecule has 3 rings (SSSR count). The van der Waals surface area contributed by atoms with Crippen molar-refractivity contribution in [3.63, 3.8) is 0 Å². The number of hydrogen-bond donors (Lipinski definition) is 0. The lowest BCUT2D eigenvalue weighted by Gasteiger charge is -2.21. The first kappa shape index (κ1) is 23.0. The maximum absolute atomic E-state index is 13.4. The summed E-state index contributed by atoms with van der Waals surface area (Å²) in [4.78, 5) is 31.7. The molecule has 5 nitrogen and oxygen atoms in total. The van der Waals surface area contributed by atoms with Crippen LogP contribution in [0.1, 0.15) is 33.5 Å². The molecule has 0 saturated heterocycles. The number of hydrogen-bond acceptors (Lipinski definition) is 6. The maximum atomic E-state index is 13.4. The normalized spacial score (nSPS) is 10.7. The van der Waals surface area contributed by atoms with Crippen molar-refractivity contribution >= 4 is 35.0 Å². The van der Waals surface area contributed by atoms with Gasteiger partial charge in [-0.3, -0.25) is 4.79 Å². The summed E-state index contributed by atoms with van der Waals surface area (Å²) >= 11 is 3.26. The van der Waals surface area contributed by atoms with Crippen molar-refractivity contribution in [2.75, 3.05) is 13.2 Å². The van der Waals surface area contributed by atoms with Gasteiger partial charge in [-0.15, -0.1) is 23.1 Å². The summed E-state index contributed by atoms with van der Waals surface area (Å²) in [5.41, 5.74) is 2.10. The molecule has 2 aromatic carbocycles. The van der Waals surface area contributed by atoms with Gasteiger partial charge in [-0.2, -0.15) is 0 Å². The van der Waals surface area contributed by atoms with E-state index in [2.05, 4.69) is 4.98 Å². The van der Waals surface area contributed by atoms with E-state index in [0.717, 1.165) is 21.3 Å². The molecule has 0 aliphatic heterocycles. The molecule has 0 saturated carbocycles. The monoisotopic (exact) mass is 458 g/mol. The number of ether oxygens (including phenoxy) is 1. The Bertz CT molecular complexity index is 1040. The molecule has 0 aliphatic rings. The molecular formula is C23H23FN2O3S2. The van der Waals surface area contributed by atoms with Gasteiger partial charge >= 0.3 is 5.97 Å². The smallest absolute Gasteiger partial charge is 0.338 e. The van der Waals surface area contributed by atoms with Crippen molar-refractivity contribution in [3.8, 4) is 0 Å². The third-order valence-electron chi connectivity index (χ3n) is 4.47. The molecule has 0 unspecified atom stereocenters. The second kappa shape index (κ2) is 11.1. The van der Waals surface area contributed by atoms with Gasteiger partial charge in [-0.25, -0.2) is 14.2 Å². The van der Waals surface area contributed by atoms with Crippen molar-refractivity contribution in [1.29, 1.82) is 0 Å². The summed E-state index contributed by atoms with van der Waals surface area (Å²) in [5.74, 6) is -0.468. The Morgan fingerprint density at radius 2 is 1.97 bits per heavy atom. The summed E-state index contributed by atoms with van der Waals surface area (Å²) in [7, 11) is 0. The van der Waals surface area contributed by atoms with Crippen LogP contribution in [-0.4, -0.2) is 34.9 Å². The lowest BCUT2D eigenvalue weighted by atomic mass is 10.2. The van der Waals surface area contributed by atoms with Gasteiger partial charge in [0, 0.05) is 29.1 Å². The van der Waals surface area contributed by atoms with Crippen LogP contribution in [0.15, 0.2) is 58.8 Å². The predicted molar refractivity (Wildman–Crippen MR) is 121 cm³/mol. The van der Waals surface area contributed by atoms with Gasteiger partial charge in [0.2, 0.25) is 0 Å². The highest BCUT2D eigenvalue weighted by Crippen LogP contribution is 2.24. The Hall–Kier alpha value is -2.71. The van der Waals surface area contributed by atoms with Crippen molar-refractivity contribution in [2.24, 2.45) is 0 Å². The Kier molecular flexibility index (Phi) is 8.20. The quantitative estimate of drug-likeness (QED) is 0.330. The Morgan fingerprint density at radius 1 is 1.19 bits per heavy atom. The highest BCUT2D eigenvalue weighted by atomic mass is 32.2. The Morgan fingerprint density at radius 3 is 2.61 bits per heavy atom. The number of likely N-dealkylation sites (N-methyl/N-ethyl adjacent to an activating group) is 1. The number of aryl methyl sites for hydroxylation is 1. The lowest BCUT2D eigenvalue weighted by Crippen LogP contribution is -2.34. The average molecular weight is 459 g/mol. The first-order chi connectivity index (χ1) is 14.9. The molecule has 3 aromatic rings. The van der Waals surface area contributed by atoms with Gasteiger partial charge in [0.25, 0.3) is 5.91 Å². The van der Waals surface area contributed by atoms with Crippen LogP contribution in [0.25, 0.3) is 0 Å². The summed E-state index contributed by atoms with van der Waals surface area (Å²) in [6.45, 7) is 4.13. The number of thiazole rings is 1. The molecule has 0 atom stereocenters. The number of aromatic nitrogens is 1. The third-order valence-corrected chi connectivity index (χ3v) is 6.33. The van der Waals surface area contributed by atoms with Crippen LogP contribution in [0.4, 0.5) is 4.39 Å². The van der Waals surface area contributed by atoms with Gasteiger partial charge in [0.1, 0.15) is 5.82 Å². The molecule has 1 amide bonds. The fourth-order valence-corrected chi connectivity index (χ4v) is 4.36. The van der Waals surface area contributed by atoms with E-state index in [4.69, 9.17) is 4.74 Å². The highest BCUT2D eigenvalue weighted by Gasteiger charge is 2.16.